The third kappa shape index (κ3) is 4.17. The van der Waals surface area contributed by atoms with Gasteiger partial charge in [-0.15, -0.1) is 0 Å². The fourth-order valence-electron chi connectivity index (χ4n) is 2.72. The number of nitrogens with one attached hydrogen (secondary N) is 2. The smallest absolute Gasteiger partial charge is 0.341 e. The van der Waals surface area contributed by atoms with Crippen LogP contribution in [-0.4, -0.2) is 29.1 Å². The zero-order valence-corrected chi connectivity index (χ0v) is 15.6. The molecule has 1 heterocycles. The average Bonchev–Trinajstić information content (AvgIpc) is 3.12. The predicted octanol–water partition coefficient (Wildman–Crippen LogP) is 4.37. The van der Waals surface area contributed by atoms with Crippen LogP contribution in [0.4, 0.5) is 11.5 Å². The van der Waals surface area contributed by atoms with Crippen molar-refractivity contribution in [3.8, 4) is 0 Å². The summed E-state index contributed by atoms with van der Waals surface area (Å²) in [5.41, 5.74) is 2.27. The molecule has 3 rings (SSSR count). The number of hydrogen-bond acceptors (Lipinski definition) is 5. The zero-order valence-electron chi connectivity index (χ0n) is 15.6. The standard InChI is InChI=1S/C22H20N2O4/c1-3-28-22(27)18-13-19(20(26)16-7-5-4-6-8-16)24-21(18)23-17-11-9-15(10-12-17)14(2)25/h4-13,23-24H,3H2,1-2H3. The lowest BCUT2D eigenvalue weighted by molar-refractivity contribution is 0.0527. The van der Waals surface area contributed by atoms with Gasteiger partial charge in [-0.25, -0.2) is 4.79 Å². The summed E-state index contributed by atoms with van der Waals surface area (Å²) in [5.74, 6) is -0.442. The van der Waals surface area contributed by atoms with Crippen LogP contribution in [-0.2, 0) is 4.74 Å². The van der Waals surface area contributed by atoms with E-state index in [0.717, 1.165) is 0 Å². The molecule has 0 aliphatic carbocycles. The summed E-state index contributed by atoms with van der Waals surface area (Å²) in [7, 11) is 0. The van der Waals surface area contributed by atoms with Crippen molar-refractivity contribution in [2.45, 2.75) is 13.8 Å². The number of benzene rings is 2. The number of hydrogen-bond donors (Lipinski definition) is 2. The van der Waals surface area contributed by atoms with Crippen LogP contribution < -0.4 is 5.32 Å². The summed E-state index contributed by atoms with van der Waals surface area (Å²) in [6.07, 6.45) is 0. The molecule has 6 heteroatoms. The third-order valence-corrected chi connectivity index (χ3v) is 4.15. The monoisotopic (exact) mass is 376 g/mol. The summed E-state index contributed by atoms with van der Waals surface area (Å²) in [4.78, 5) is 39.4. The first-order valence-electron chi connectivity index (χ1n) is 8.87. The molecule has 0 saturated heterocycles. The number of H-pyrrole nitrogens is 1. The predicted molar refractivity (Wildman–Crippen MR) is 106 cm³/mol. The van der Waals surface area contributed by atoms with Crippen LogP contribution in [0.5, 0.6) is 0 Å². The van der Waals surface area contributed by atoms with Crippen LogP contribution in [0.25, 0.3) is 0 Å². The summed E-state index contributed by atoms with van der Waals surface area (Å²) >= 11 is 0. The number of esters is 1. The van der Waals surface area contributed by atoms with Crippen LogP contribution in [0.15, 0.2) is 60.7 Å². The molecular weight excluding hydrogens is 356 g/mol. The van der Waals surface area contributed by atoms with Crippen LogP contribution in [0.1, 0.15) is 50.6 Å². The number of aromatic amines is 1. The van der Waals surface area contributed by atoms with Gasteiger partial charge in [0.1, 0.15) is 11.4 Å². The van der Waals surface area contributed by atoms with E-state index in [0.29, 0.717) is 22.6 Å². The summed E-state index contributed by atoms with van der Waals surface area (Å²) < 4.78 is 5.10. The summed E-state index contributed by atoms with van der Waals surface area (Å²) in [5, 5.41) is 3.08. The van der Waals surface area contributed by atoms with Gasteiger partial charge < -0.3 is 15.0 Å². The summed E-state index contributed by atoms with van der Waals surface area (Å²) in [6, 6.07) is 17.1. The molecule has 2 aromatic carbocycles. The van der Waals surface area contributed by atoms with Gasteiger partial charge in [-0.05, 0) is 44.2 Å². The normalized spacial score (nSPS) is 10.4. The van der Waals surface area contributed by atoms with Gasteiger partial charge in [0.05, 0.1) is 12.3 Å². The van der Waals surface area contributed by atoms with Crippen LogP contribution in [0, 0.1) is 0 Å². The fraction of sp³-hybridized carbons (Fsp3) is 0.136. The van der Waals surface area contributed by atoms with E-state index < -0.39 is 5.97 Å². The van der Waals surface area contributed by atoms with Gasteiger partial charge >= 0.3 is 5.97 Å². The molecule has 28 heavy (non-hydrogen) atoms. The Morgan fingerprint density at radius 3 is 2.25 bits per heavy atom. The number of anilines is 2. The highest BCUT2D eigenvalue weighted by atomic mass is 16.5. The largest absolute Gasteiger partial charge is 0.462 e. The molecule has 142 valence electrons. The van der Waals surface area contributed by atoms with E-state index in [1.165, 1.54) is 13.0 Å². The Bertz CT molecular complexity index is 1000. The van der Waals surface area contributed by atoms with E-state index in [1.807, 2.05) is 6.07 Å². The lowest BCUT2D eigenvalue weighted by Gasteiger charge is -2.08. The van der Waals surface area contributed by atoms with Crippen molar-refractivity contribution in [3.05, 3.63) is 83.0 Å². The molecule has 0 aliphatic heterocycles. The van der Waals surface area contributed by atoms with Crippen LogP contribution in [0.3, 0.4) is 0 Å². The second kappa shape index (κ2) is 8.35. The molecule has 0 saturated carbocycles. The SMILES string of the molecule is CCOC(=O)c1cc(C(=O)c2ccccc2)[nH]c1Nc1ccc(C(C)=O)cc1. The van der Waals surface area contributed by atoms with Gasteiger partial charge in [-0.3, -0.25) is 9.59 Å². The zero-order chi connectivity index (χ0) is 20.1. The number of carbonyl (C=O) groups excluding carboxylic acids is 3. The molecule has 0 spiro atoms. The molecule has 0 fully saturated rings. The van der Waals surface area contributed by atoms with Crippen molar-refractivity contribution < 1.29 is 19.1 Å². The van der Waals surface area contributed by atoms with Crippen LogP contribution >= 0.6 is 0 Å². The van der Waals surface area contributed by atoms with Gasteiger partial charge in [0.15, 0.2) is 5.78 Å². The molecule has 0 aliphatic rings. The van der Waals surface area contributed by atoms with Gasteiger partial charge in [0, 0.05) is 16.8 Å². The minimum Gasteiger partial charge on any atom is -0.462 e. The van der Waals surface area contributed by atoms with E-state index in [2.05, 4.69) is 10.3 Å². The van der Waals surface area contributed by atoms with E-state index in [1.54, 1.807) is 55.5 Å². The van der Waals surface area contributed by atoms with Gasteiger partial charge in [0.2, 0.25) is 5.78 Å². The fourth-order valence-corrected chi connectivity index (χ4v) is 2.72. The molecule has 0 unspecified atom stereocenters. The van der Waals surface area contributed by atoms with Crippen molar-refractivity contribution in [3.63, 3.8) is 0 Å². The molecule has 2 N–H and O–H groups in total. The Balaban J connectivity index is 1.94. The second-order valence-electron chi connectivity index (χ2n) is 6.15. The summed E-state index contributed by atoms with van der Waals surface area (Å²) in [6.45, 7) is 3.43. The highest BCUT2D eigenvalue weighted by Gasteiger charge is 2.21. The maximum absolute atomic E-state index is 12.7. The van der Waals surface area contributed by atoms with E-state index >= 15 is 0 Å². The van der Waals surface area contributed by atoms with Crippen LogP contribution in [0.2, 0.25) is 0 Å². The third-order valence-electron chi connectivity index (χ3n) is 4.15. The van der Waals surface area contributed by atoms with Gasteiger partial charge in [-0.1, -0.05) is 30.3 Å². The maximum atomic E-state index is 12.7. The number of Topliss-reactive ketones (excluding diaryl/α,β-unsaturated/α-hetero) is 1. The number of carbonyl (C=O) groups is 3. The Kier molecular flexibility index (Phi) is 5.69. The first-order valence-corrected chi connectivity index (χ1v) is 8.87. The number of ether oxygens (including phenoxy) is 1. The Morgan fingerprint density at radius 2 is 1.64 bits per heavy atom. The number of ketones is 2. The van der Waals surface area contributed by atoms with Crippen molar-refractivity contribution >= 4 is 29.0 Å². The molecule has 0 amide bonds. The molecule has 3 aromatic rings. The molecule has 0 atom stereocenters. The highest BCUT2D eigenvalue weighted by Crippen LogP contribution is 2.24. The first-order chi connectivity index (χ1) is 13.5. The topological polar surface area (TPSA) is 88.3 Å². The van der Waals surface area contributed by atoms with E-state index in [-0.39, 0.29) is 29.4 Å². The molecule has 6 nitrogen and oxygen atoms in total. The maximum Gasteiger partial charge on any atom is 0.341 e. The average molecular weight is 376 g/mol. The Hall–Kier alpha value is -3.67. The molecule has 0 radical (unpaired) electrons. The number of aromatic nitrogens is 1. The van der Waals surface area contributed by atoms with Crippen molar-refractivity contribution in [1.29, 1.82) is 0 Å². The Morgan fingerprint density at radius 1 is 0.964 bits per heavy atom. The lowest BCUT2D eigenvalue weighted by Crippen LogP contribution is -2.06. The lowest BCUT2D eigenvalue weighted by atomic mass is 10.1. The second-order valence-corrected chi connectivity index (χ2v) is 6.15. The molecule has 1 aromatic heterocycles. The quantitative estimate of drug-likeness (QED) is 0.472. The first kappa shape index (κ1) is 19.1. The van der Waals surface area contributed by atoms with Crippen molar-refractivity contribution in [2.75, 3.05) is 11.9 Å². The minimum absolute atomic E-state index is 0.0330. The Labute approximate surface area is 162 Å². The van der Waals surface area contributed by atoms with Gasteiger partial charge in [0.25, 0.3) is 0 Å². The van der Waals surface area contributed by atoms with E-state index in [9.17, 15) is 14.4 Å². The molecule has 0 bridgehead atoms. The highest BCUT2D eigenvalue weighted by molar-refractivity contribution is 6.10. The van der Waals surface area contributed by atoms with Crippen molar-refractivity contribution in [1.82, 2.24) is 4.98 Å². The van der Waals surface area contributed by atoms with E-state index in [4.69, 9.17) is 4.74 Å². The molecular formula is C22H20N2O4. The minimum atomic E-state index is -0.534. The number of rotatable bonds is 7. The van der Waals surface area contributed by atoms with Crippen molar-refractivity contribution in [2.24, 2.45) is 0 Å². The van der Waals surface area contributed by atoms with Gasteiger partial charge in [-0.2, -0.15) is 0 Å².